The molecule has 0 unspecified atom stereocenters. The Morgan fingerprint density at radius 2 is 1.69 bits per heavy atom. The van der Waals surface area contributed by atoms with Gasteiger partial charge < -0.3 is 9.26 Å². The van der Waals surface area contributed by atoms with Crippen LogP contribution in [0.4, 0.5) is 5.82 Å². The van der Waals surface area contributed by atoms with Gasteiger partial charge in [0.2, 0.25) is 12.3 Å². The summed E-state index contributed by atoms with van der Waals surface area (Å²) < 4.78 is 15.9. The minimum Gasteiger partial charge on any atom is -0.460 e. The molecule has 0 aliphatic carbocycles. The van der Waals surface area contributed by atoms with E-state index in [2.05, 4.69) is 18.5 Å². The molecule has 1 aromatic heterocycles. The van der Waals surface area contributed by atoms with Crippen LogP contribution >= 0.6 is 29.6 Å². The molecule has 2 aromatic carbocycles. The average Bonchev–Trinajstić information content (AvgIpc) is 3.16. The van der Waals surface area contributed by atoms with Crippen LogP contribution in [-0.2, 0) is 27.6 Å². The van der Waals surface area contributed by atoms with Crippen molar-refractivity contribution in [2.45, 2.75) is 27.3 Å². The zero-order chi connectivity index (χ0) is 25.2. The van der Waals surface area contributed by atoms with Crippen LogP contribution in [0.3, 0.4) is 0 Å². The molecule has 4 rings (SSSR count). The van der Waals surface area contributed by atoms with E-state index in [4.69, 9.17) is 54.4 Å². The van der Waals surface area contributed by atoms with E-state index in [1.54, 1.807) is 41.1 Å². The number of aromatic nitrogens is 2. The highest BCUT2D eigenvalue weighted by molar-refractivity contribution is 8.15. The fraction of sp³-hybridized carbons (Fsp3) is 0.292. The fourth-order valence-electron chi connectivity index (χ4n) is 3.84. The standard InChI is InChI=1S/C24H25Cl2N4O3PS/c1-4-29(5-2)34(35)21-16(3)28-30(14-15-32-24(31)18-8-12-20(26)13-9-18)22(21)27-23(33-34)17-6-10-19(25)11-7-17/h6-13H,4-5,14-15H2,1-3H3/t34-/m1/s1. The number of fused-ring (bicyclic) bond motifs is 1. The third kappa shape index (κ3) is 5.32. The van der Waals surface area contributed by atoms with Gasteiger partial charge >= 0.3 is 5.97 Å². The van der Waals surface area contributed by atoms with Gasteiger partial charge in [-0.3, -0.25) is 0 Å². The third-order valence-electron chi connectivity index (χ3n) is 5.58. The number of aryl methyl sites for hydroxylation is 1. The summed E-state index contributed by atoms with van der Waals surface area (Å²) in [5, 5.41) is 6.71. The number of rotatable bonds is 8. The summed E-state index contributed by atoms with van der Waals surface area (Å²) in [4.78, 5) is 17.2. The molecule has 35 heavy (non-hydrogen) atoms. The lowest BCUT2D eigenvalue weighted by Gasteiger charge is -2.35. The van der Waals surface area contributed by atoms with Gasteiger partial charge in [-0.25, -0.2) is 14.1 Å². The van der Waals surface area contributed by atoms with E-state index in [9.17, 15) is 4.79 Å². The molecule has 11 heteroatoms. The number of hydrogen-bond acceptors (Lipinski definition) is 6. The summed E-state index contributed by atoms with van der Waals surface area (Å²) in [5.74, 6) is 0.640. The first-order chi connectivity index (χ1) is 16.8. The molecule has 0 radical (unpaired) electrons. The fourth-order valence-corrected chi connectivity index (χ4v) is 8.12. The van der Waals surface area contributed by atoms with Gasteiger partial charge in [0.1, 0.15) is 11.9 Å². The molecular formula is C24H25Cl2N4O3PS. The predicted molar refractivity (Wildman–Crippen MR) is 144 cm³/mol. The van der Waals surface area contributed by atoms with Crippen molar-refractivity contribution in [2.24, 2.45) is 4.99 Å². The minimum atomic E-state index is -2.67. The van der Waals surface area contributed by atoms with Crippen molar-refractivity contribution in [3.05, 3.63) is 75.4 Å². The van der Waals surface area contributed by atoms with Crippen molar-refractivity contribution < 1.29 is 14.1 Å². The molecule has 1 atom stereocenters. The van der Waals surface area contributed by atoms with Crippen molar-refractivity contribution in [3.8, 4) is 0 Å². The van der Waals surface area contributed by atoms with Gasteiger partial charge in [0.15, 0.2) is 5.82 Å². The van der Waals surface area contributed by atoms with Gasteiger partial charge in [-0.05, 0) is 67.3 Å². The smallest absolute Gasteiger partial charge is 0.338 e. The van der Waals surface area contributed by atoms with E-state index in [-0.39, 0.29) is 6.61 Å². The second-order valence-electron chi connectivity index (χ2n) is 7.80. The van der Waals surface area contributed by atoms with E-state index in [0.29, 0.717) is 33.9 Å². The molecule has 0 saturated heterocycles. The summed E-state index contributed by atoms with van der Waals surface area (Å²) in [6.07, 6.45) is -2.67. The van der Waals surface area contributed by atoms with Crippen molar-refractivity contribution in [2.75, 3.05) is 19.7 Å². The molecule has 1 aliphatic rings. The number of ether oxygens (including phenoxy) is 1. The van der Waals surface area contributed by atoms with E-state index in [1.807, 2.05) is 19.1 Å². The summed E-state index contributed by atoms with van der Waals surface area (Å²) in [5.41, 5.74) is 1.97. The molecule has 1 aliphatic heterocycles. The van der Waals surface area contributed by atoms with Crippen LogP contribution in [0, 0.1) is 6.92 Å². The summed E-state index contributed by atoms with van der Waals surface area (Å²) >= 11 is 18.2. The van der Waals surface area contributed by atoms with Gasteiger partial charge in [0, 0.05) is 28.7 Å². The van der Waals surface area contributed by atoms with Gasteiger partial charge in [-0.2, -0.15) is 10.1 Å². The SMILES string of the molecule is CCN(CC)[P@@]1(=S)OC(c2ccc(Cl)cc2)=Nc2c1c(C)nn2CCOC(=O)c1ccc(Cl)cc1. The second-order valence-corrected chi connectivity index (χ2v) is 12.4. The van der Waals surface area contributed by atoms with Crippen molar-refractivity contribution in [3.63, 3.8) is 0 Å². The molecule has 0 spiro atoms. The van der Waals surface area contributed by atoms with Crippen molar-refractivity contribution in [1.29, 1.82) is 0 Å². The average molecular weight is 551 g/mol. The summed E-state index contributed by atoms with van der Waals surface area (Å²) in [6, 6.07) is 13.9. The largest absolute Gasteiger partial charge is 0.460 e. The number of halogens is 2. The third-order valence-corrected chi connectivity index (χ3v) is 10.4. The first-order valence-electron chi connectivity index (χ1n) is 11.2. The van der Waals surface area contributed by atoms with Crippen LogP contribution in [0.2, 0.25) is 10.0 Å². The lowest BCUT2D eigenvalue weighted by Crippen LogP contribution is -2.32. The highest BCUT2D eigenvalue weighted by Crippen LogP contribution is 2.55. The Hall–Kier alpha value is -2.22. The second kappa shape index (κ2) is 10.8. The Bertz CT molecular complexity index is 1310. The van der Waals surface area contributed by atoms with E-state index in [1.165, 1.54) is 0 Å². The number of hydrogen-bond donors (Lipinski definition) is 0. The van der Waals surface area contributed by atoms with Gasteiger partial charge in [-0.15, -0.1) is 0 Å². The Balaban J connectivity index is 1.66. The van der Waals surface area contributed by atoms with Crippen LogP contribution in [0.15, 0.2) is 53.5 Å². The van der Waals surface area contributed by atoms with Crippen LogP contribution < -0.4 is 5.30 Å². The van der Waals surface area contributed by atoms with Gasteiger partial charge in [-0.1, -0.05) is 37.0 Å². The van der Waals surface area contributed by atoms with Crippen LogP contribution in [0.5, 0.6) is 0 Å². The topological polar surface area (TPSA) is 68.9 Å². The van der Waals surface area contributed by atoms with E-state index >= 15 is 0 Å². The Labute approximate surface area is 219 Å². The molecule has 7 nitrogen and oxygen atoms in total. The summed E-state index contributed by atoms with van der Waals surface area (Å²) in [7, 11) is 0. The predicted octanol–water partition coefficient (Wildman–Crippen LogP) is 5.74. The Morgan fingerprint density at radius 1 is 1.09 bits per heavy atom. The molecule has 3 aromatic rings. The number of carbonyl (C=O) groups excluding carboxylic acids is 1. The molecule has 184 valence electrons. The first kappa shape index (κ1) is 25.9. The molecule has 0 N–H and O–H groups in total. The normalized spacial score (nSPS) is 17.0. The number of aliphatic imine (C=N–C) groups is 1. The molecular weight excluding hydrogens is 526 g/mol. The molecule has 0 bridgehead atoms. The quantitative estimate of drug-likeness (QED) is 0.263. The maximum Gasteiger partial charge on any atom is 0.338 e. The monoisotopic (exact) mass is 550 g/mol. The van der Waals surface area contributed by atoms with Crippen LogP contribution in [0.1, 0.15) is 35.5 Å². The van der Waals surface area contributed by atoms with Crippen LogP contribution in [0.25, 0.3) is 0 Å². The number of nitrogens with zero attached hydrogens (tertiary/aromatic N) is 4. The molecule has 0 amide bonds. The number of benzene rings is 2. The highest BCUT2D eigenvalue weighted by Gasteiger charge is 2.40. The van der Waals surface area contributed by atoms with Gasteiger partial charge in [0.05, 0.1) is 17.8 Å². The number of esters is 1. The zero-order valence-electron chi connectivity index (χ0n) is 19.6. The zero-order valence-corrected chi connectivity index (χ0v) is 22.8. The maximum absolute atomic E-state index is 12.4. The Kier molecular flexibility index (Phi) is 7.99. The van der Waals surface area contributed by atoms with Crippen molar-refractivity contribution >= 4 is 64.4 Å². The van der Waals surface area contributed by atoms with Crippen molar-refractivity contribution in [1.82, 2.24) is 14.5 Å². The summed E-state index contributed by atoms with van der Waals surface area (Å²) in [6.45, 7) is 7.92. The lowest BCUT2D eigenvalue weighted by atomic mass is 10.2. The first-order valence-corrected chi connectivity index (χ1v) is 14.6. The lowest BCUT2D eigenvalue weighted by molar-refractivity contribution is 0.0488. The van der Waals surface area contributed by atoms with Gasteiger partial charge in [0.25, 0.3) is 0 Å². The van der Waals surface area contributed by atoms with Crippen LogP contribution in [-0.4, -0.2) is 46.0 Å². The van der Waals surface area contributed by atoms with E-state index in [0.717, 1.165) is 29.7 Å². The number of carbonyl (C=O) groups is 1. The molecule has 0 fully saturated rings. The Morgan fingerprint density at radius 3 is 2.29 bits per heavy atom. The highest BCUT2D eigenvalue weighted by atomic mass is 35.5. The maximum atomic E-state index is 12.4. The molecule has 2 heterocycles. The van der Waals surface area contributed by atoms with E-state index < -0.39 is 12.4 Å². The minimum absolute atomic E-state index is 0.121. The molecule has 0 saturated carbocycles.